The first-order valence-electron chi connectivity index (χ1n) is 7.53. The third-order valence-corrected chi connectivity index (χ3v) is 3.71. The number of para-hydroxylation sites is 1. The van der Waals surface area contributed by atoms with Crippen molar-refractivity contribution in [2.75, 3.05) is 4.90 Å². The topological polar surface area (TPSA) is 58.6 Å². The number of rotatable bonds is 4. The molecule has 3 amide bonds. The van der Waals surface area contributed by atoms with E-state index in [4.69, 9.17) is 4.74 Å². The number of carbonyl (C=O) groups is 2. The van der Waals surface area contributed by atoms with Crippen molar-refractivity contribution >= 4 is 17.6 Å². The van der Waals surface area contributed by atoms with Crippen LogP contribution in [0.3, 0.4) is 0 Å². The molecule has 3 rings (SSSR count). The number of benzene rings is 2. The summed E-state index contributed by atoms with van der Waals surface area (Å²) in [5.74, 6) is 1.21. The summed E-state index contributed by atoms with van der Waals surface area (Å²) in [5.41, 5.74) is 0.538. The molecule has 1 heterocycles. The molecule has 1 saturated heterocycles. The number of amides is 3. The van der Waals surface area contributed by atoms with Crippen LogP contribution in [-0.4, -0.2) is 18.0 Å². The Labute approximate surface area is 134 Å². The summed E-state index contributed by atoms with van der Waals surface area (Å²) in [4.78, 5) is 25.6. The van der Waals surface area contributed by atoms with Gasteiger partial charge >= 0.3 is 6.03 Å². The molecule has 5 nitrogen and oxygen atoms in total. The minimum Gasteiger partial charge on any atom is -0.457 e. The molecule has 0 spiro atoms. The predicted octanol–water partition coefficient (Wildman–Crippen LogP) is 3.56. The molecule has 0 unspecified atom stereocenters. The Morgan fingerprint density at radius 2 is 1.57 bits per heavy atom. The minimum absolute atomic E-state index is 0.0529. The fourth-order valence-electron chi connectivity index (χ4n) is 2.48. The lowest BCUT2D eigenvalue weighted by atomic mass is 10.0. The smallest absolute Gasteiger partial charge is 0.329 e. The van der Waals surface area contributed by atoms with E-state index in [1.54, 1.807) is 24.3 Å². The molecule has 1 fully saturated rings. The number of anilines is 1. The van der Waals surface area contributed by atoms with Crippen LogP contribution in [0.2, 0.25) is 0 Å². The van der Waals surface area contributed by atoms with E-state index in [-0.39, 0.29) is 17.9 Å². The fourth-order valence-corrected chi connectivity index (χ4v) is 2.48. The predicted molar refractivity (Wildman–Crippen MR) is 87.6 cm³/mol. The lowest BCUT2D eigenvalue weighted by Crippen LogP contribution is -2.34. The normalized spacial score (nSPS) is 17.5. The van der Waals surface area contributed by atoms with Crippen LogP contribution in [0.25, 0.3) is 0 Å². The Bertz CT molecular complexity index is 711. The molecule has 23 heavy (non-hydrogen) atoms. The van der Waals surface area contributed by atoms with Gasteiger partial charge in [0.05, 0.1) is 5.69 Å². The maximum absolute atomic E-state index is 12.3. The van der Waals surface area contributed by atoms with Gasteiger partial charge in [0.2, 0.25) is 0 Å². The van der Waals surface area contributed by atoms with Crippen LogP contribution in [-0.2, 0) is 4.79 Å². The van der Waals surface area contributed by atoms with Crippen LogP contribution in [0.1, 0.15) is 13.8 Å². The number of carbonyl (C=O) groups excluding carboxylic acids is 2. The molecule has 2 aromatic carbocycles. The molecular formula is C18H18N2O3. The summed E-state index contributed by atoms with van der Waals surface area (Å²) in [6.45, 7) is 3.81. The van der Waals surface area contributed by atoms with Crippen molar-refractivity contribution in [3.05, 3.63) is 54.6 Å². The summed E-state index contributed by atoms with van der Waals surface area (Å²) >= 11 is 0. The zero-order chi connectivity index (χ0) is 16.4. The third-order valence-electron chi connectivity index (χ3n) is 3.71. The van der Waals surface area contributed by atoms with Crippen molar-refractivity contribution in [2.45, 2.75) is 19.9 Å². The monoisotopic (exact) mass is 310 g/mol. The summed E-state index contributed by atoms with van der Waals surface area (Å²) in [6, 6.07) is 15.5. The highest BCUT2D eigenvalue weighted by Crippen LogP contribution is 2.27. The quantitative estimate of drug-likeness (QED) is 0.878. The molecule has 0 saturated carbocycles. The van der Waals surface area contributed by atoms with Crippen LogP contribution in [0, 0.1) is 5.92 Å². The van der Waals surface area contributed by atoms with E-state index < -0.39 is 6.04 Å². The van der Waals surface area contributed by atoms with Gasteiger partial charge in [0, 0.05) is 0 Å². The second-order valence-electron chi connectivity index (χ2n) is 5.75. The highest BCUT2D eigenvalue weighted by atomic mass is 16.5. The van der Waals surface area contributed by atoms with E-state index in [1.165, 1.54) is 4.90 Å². The molecule has 0 radical (unpaired) electrons. The van der Waals surface area contributed by atoms with Gasteiger partial charge in [0.25, 0.3) is 5.91 Å². The first-order chi connectivity index (χ1) is 11.1. The van der Waals surface area contributed by atoms with E-state index in [0.29, 0.717) is 11.4 Å². The van der Waals surface area contributed by atoms with E-state index in [1.807, 2.05) is 44.2 Å². The van der Waals surface area contributed by atoms with Crippen molar-refractivity contribution in [3.8, 4) is 11.5 Å². The zero-order valence-electron chi connectivity index (χ0n) is 13.0. The van der Waals surface area contributed by atoms with Crippen molar-refractivity contribution in [1.29, 1.82) is 0 Å². The molecule has 1 aliphatic rings. The number of nitrogens with zero attached hydrogens (tertiary/aromatic N) is 1. The largest absolute Gasteiger partial charge is 0.457 e. The van der Waals surface area contributed by atoms with Gasteiger partial charge in [-0.25, -0.2) is 9.69 Å². The number of hydrogen-bond donors (Lipinski definition) is 1. The summed E-state index contributed by atoms with van der Waals surface area (Å²) in [6.07, 6.45) is 0. The Morgan fingerprint density at radius 3 is 2.13 bits per heavy atom. The highest BCUT2D eigenvalue weighted by Gasteiger charge is 2.40. The van der Waals surface area contributed by atoms with E-state index in [9.17, 15) is 9.59 Å². The first-order valence-corrected chi connectivity index (χ1v) is 7.53. The molecule has 0 aromatic heterocycles. The summed E-state index contributed by atoms with van der Waals surface area (Å²) < 4.78 is 5.71. The van der Waals surface area contributed by atoms with Gasteiger partial charge in [-0.15, -0.1) is 0 Å². The number of urea groups is 1. The molecule has 0 bridgehead atoms. The molecule has 1 N–H and O–H groups in total. The van der Waals surface area contributed by atoms with Gasteiger partial charge in [-0.05, 0) is 42.3 Å². The Hall–Kier alpha value is -2.82. The number of ether oxygens (including phenoxy) is 1. The molecule has 5 heteroatoms. The molecule has 1 atom stereocenters. The van der Waals surface area contributed by atoms with Gasteiger partial charge in [-0.1, -0.05) is 32.0 Å². The number of hydrogen-bond acceptors (Lipinski definition) is 3. The number of nitrogens with one attached hydrogen (secondary N) is 1. The van der Waals surface area contributed by atoms with Crippen molar-refractivity contribution in [2.24, 2.45) is 5.92 Å². The lowest BCUT2D eigenvalue weighted by Gasteiger charge is -2.15. The van der Waals surface area contributed by atoms with E-state index >= 15 is 0 Å². The maximum Gasteiger partial charge on any atom is 0.329 e. The Kier molecular flexibility index (Phi) is 4.02. The fraction of sp³-hybridized carbons (Fsp3) is 0.222. The standard InChI is InChI=1S/C18H18N2O3/c1-12(2)16-17(21)20(18(22)19-16)13-8-10-15(11-9-13)23-14-6-4-3-5-7-14/h3-12,16H,1-2H3,(H,19,22)/t16-/m0/s1. The molecule has 0 aliphatic carbocycles. The first kappa shape index (κ1) is 15.1. The van der Waals surface area contributed by atoms with E-state index in [2.05, 4.69) is 5.32 Å². The van der Waals surface area contributed by atoms with Crippen molar-refractivity contribution < 1.29 is 14.3 Å². The molecule has 1 aliphatic heterocycles. The van der Waals surface area contributed by atoms with Gasteiger partial charge in [-0.3, -0.25) is 4.79 Å². The Morgan fingerprint density at radius 1 is 0.957 bits per heavy atom. The van der Waals surface area contributed by atoms with Gasteiger partial charge in [-0.2, -0.15) is 0 Å². The lowest BCUT2D eigenvalue weighted by molar-refractivity contribution is -0.119. The van der Waals surface area contributed by atoms with Crippen molar-refractivity contribution in [1.82, 2.24) is 5.32 Å². The van der Waals surface area contributed by atoms with Crippen LogP contribution < -0.4 is 15.0 Å². The second kappa shape index (κ2) is 6.12. The van der Waals surface area contributed by atoms with Gasteiger partial charge in [0.15, 0.2) is 0 Å². The van der Waals surface area contributed by atoms with E-state index in [0.717, 1.165) is 5.75 Å². The third kappa shape index (κ3) is 3.04. The highest BCUT2D eigenvalue weighted by molar-refractivity contribution is 6.21. The average Bonchev–Trinajstić information content (AvgIpc) is 2.84. The van der Waals surface area contributed by atoms with Crippen LogP contribution in [0.4, 0.5) is 10.5 Å². The van der Waals surface area contributed by atoms with Gasteiger partial charge in [0.1, 0.15) is 17.5 Å². The van der Waals surface area contributed by atoms with Crippen LogP contribution in [0.5, 0.6) is 11.5 Å². The summed E-state index contributed by atoms with van der Waals surface area (Å²) in [7, 11) is 0. The molecule has 118 valence electrons. The SMILES string of the molecule is CC(C)[C@@H]1NC(=O)N(c2ccc(Oc3ccccc3)cc2)C1=O. The molecular weight excluding hydrogens is 292 g/mol. The molecule has 2 aromatic rings. The maximum atomic E-state index is 12.3. The number of imide groups is 1. The summed E-state index contributed by atoms with van der Waals surface area (Å²) in [5, 5.41) is 2.71. The van der Waals surface area contributed by atoms with Crippen LogP contribution >= 0.6 is 0 Å². The van der Waals surface area contributed by atoms with Crippen molar-refractivity contribution in [3.63, 3.8) is 0 Å². The van der Waals surface area contributed by atoms with Gasteiger partial charge < -0.3 is 10.1 Å². The zero-order valence-corrected chi connectivity index (χ0v) is 13.0. The minimum atomic E-state index is -0.470. The Balaban J connectivity index is 1.77. The second-order valence-corrected chi connectivity index (χ2v) is 5.75. The van der Waals surface area contributed by atoms with Crippen LogP contribution in [0.15, 0.2) is 54.6 Å². The average molecular weight is 310 g/mol.